The van der Waals surface area contributed by atoms with E-state index in [2.05, 4.69) is 12.6 Å². The van der Waals surface area contributed by atoms with Gasteiger partial charge in [-0.3, -0.25) is 4.79 Å². The maximum atomic E-state index is 11.3. The van der Waals surface area contributed by atoms with E-state index in [-0.39, 0.29) is 11.6 Å². The molecule has 90 valence electrons. The standard InChI is InChI=1S/C11H22O3S/c1-10(2,3)13-8-11(4,5)14-9(12)6-7-15/h15H,6-8H2,1-5H3. The molecule has 0 N–H and O–H groups in total. The van der Waals surface area contributed by atoms with Crippen LogP contribution in [-0.4, -0.2) is 29.5 Å². The average molecular weight is 234 g/mol. The number of carbonyl (C=O) groups excluding carboxylic acids is 1. The summed E-state index contributed by atoms with van der Waals surface area (Å²) in [5, 5.41) is 0. The van der Waals surface area contributed by atoms with Crippen molar-refractivity contribution in [1.82, 2.24) is 0 Å². The van der Waals surface area contributed by atoms with Gasteiger partial charge in [0.2, 0.25) is 0 Å². The third-order valence-electron chi connectivity index (χ3n) is 1.56. The van der Waals surface area contributed by atoms with Crippen LogP contribution in [0, 0.1) is 0 Å². The molecule has 0 aliphatic carbocycles. The molecule has 4 heteroatoms. The van der Waals surface area contributed by atoms with Gasteiger partial charge in [0.15, 0.2) is 0 Å². The molecule has 0 aromatic heterocycles. The van der Waals surface area contributed by atoms with Gasteiger partial charge in [0, 0.05) is 5.75 Å². The van der Waals surface area contributed by atoms with Gasteiger partial charge in [-0.2, -0.15) is 12.6 Å². The second-order valence-corrected chi connectivity index (χ2v) is 5.56. The second kappa shape index (κ2) is 5.75. The second-order valence-electron chi connectivity index (χ2n) is 5.11. The summed E-state index contributed by atoms with van der Waals surface area (Å²) in [6.07, 6.45) is 0.335. The molecule has 0 saturated heterocycles. The van der Waals surface area contributed by atoms with Crippen LogP contribution in [0.25, 0.3) is 0 Å². The molecule has 0 bridgehead atoms. The highest BCUT2D eigenvalue weighted by Crippen LogP contribution is 2.16. The van der Waals surface area contributed by atoms with E-state index in [0.717, 1.165) is 0 Å². The lowest BCUT2D eigenvalue weighted by molar-refractivity contribution is -0.166. The molecule has 0 aromatic carbocycles. The monoisotopic (exact) mass is 234 g/mol. The molecule has 0 radical (unpaired) electrons. The van der Waals surface area contributed by atoms with Crippen LogP contribution in [0.4, 0.5) is 0 Å². The molecule has 0 fully saturated rings. The van der Waals surface area contributed by atoms with Gasteiger partial charge in [0.1, 0.15) is 5.60 Å². The Kier molecular flexibility index (Phi) is 5.67. The Labute approximate surface area is 97.9 Å². The molecular formula is C11H22O3S. The number of carbonyl (C=O) groups is 1. The van der Waals surface area contributed by atoms with Gasteiger partial charge >= 0.3 is 5.97 Å². The Balaban J connectivity index is 4.02. The lowest BCUT2D eigenvalue weighted by Gasteiger charge is -2.29. The zero-order valence-corrected chi connectivity index (χ0v) is 11.2. The molecule has 0 aliphatic heterocycles. The molecule has 15 heavy (non-hydrogen) atoms. The van der Waals surface area contributed by atoms with Crippen LogP contribution in [0.1, 0.15) is 41.0 Å². The summed E-state index contributed by atoms with van der Waals surface area (Å²) in [7, 11) is 0. The SMILES string of the molecule is CC(C)(C)OCC(C)(C)OC(=O)CCS. The number of rotatable bonds is 5. The van der Waals surface area contributed by atoms with Crippen molar-refractivity contribution in [2.45, 2.75) is 52.2 Å². The highest BCUT2D eigenvalue weighted by atomic mass is 32.1. The average Bonchev–Trinajstić information content (AvgIpc) is 1.99. The van der Waals surface area contributed by atoms with E-state index in [0.29, 0.717) is 18.8 Å². The van der Waals surface area contributed by atoms with Gasteiger partial charge in [-0.25, -0.2) is 0 Å². The number of hydrogen-bond acceptors (Lipinski definition) is 4. The molecule has 0 aromatic rings. The minimum atomic E-state index is -0.576. The zero-order chi connectivity index (χ0) is 12.1. The summed E-state index contributed by atoms with van der Waals surface area (Å²) in [4.78, 5) is 11.3. The van der Waals surface area contributed by atoms with Gasteiger partial charge in [0.25, 0.3) is 0 Å². The summed E-state index contributed by atoms with van der Waals surface area (Å²) < 4.78 is 10.8. The van der Waals surface area contributed by atoms with E-state index in [9.17, 15) is 4.79 Å². The van der Waals surface area contributed by atoms with E-state index in [1.54, 1.807) is 0 Å². The maximum Gasteiger partial charge on any atom is 0.307 e. The Bertz CT molecular complexity index is 206. The molecule has 0 rings (SSSR count). The summed E-state index contributed by atoms with van der Waals surface area (Å²) in [5.41, 5.74) is -0.791. The topological polar surface area (TPSA) is 35.5 Å². The quantitative estimate of drug-likeness (QED) is 0.586. The van der Waals surface area contributed by atoms with Crippen LogP contribution in [0.2, 0.25) is 0 Å². The van der Waals surface area contributed by atoms with E-state index in [4.69, 9.17) is 9.47 Å². The Hall–Kier alpha value is -0.220. The summed E-state index contributed by atoms with van der Waals surface area (Å²) in [6.45, 7) is 10.00. The van der Waals surface area contributed by atoms with Crippen molar-refractivity contribution >= 4 is 18.6 Å². The summed E-state index contributed by atoms with van der Waals surface area (Å²) in [5.74, 6) is 0.280. The van der Waals surface area contributed by atoms with Gasteiger partial charge in [0.05, 0.1) is 18.6 Å². The van der Waals surface area contributed by atoms with Gasteiger partial charge < -0.3 is 9.47 Å². The Morgan fingerprint density at radius 1 is 1.20 bits per heavy atom. The highest BCUT2D eigenvalue weighted by Gasteiger charge is 2.25. The number of hydrogen-bond donors (Lipinski definition) is 1. The van der Waals surface area contributed by atoms with Crippen LogP contribution < -0.4 is 0 Å². The van der Waals surface area contributed by atoms with Crippen LogP contribution in [0.3, 0.4) is 0 Å². The highest BCUT2D eigenvalue weighted by molar-refractivity contribution is 7.80. The first-order valence-electron chi connectivity index (χ1n) is 5.13. The molecular weight excluding hydrogens is 212 g/mol. The van der Waals surface area contributed by atoms with Crippen molar-refractivity contribution in [2.75, 3.05) is 12.4 Å². The smallest absolute Gasteiger partial charge is 0.307 e. The van der Waals surface area contributed by atoms with Gasteiger partial charge in [-0.05, 0) is 34.6 Å². The predicted octanol–water partition coefficient (Wildman–Crippen LogP) is 2.44. The van der Waals surface area contributed by atoms with Crippen molar-refractivity contribution in [3.8, 4) is 0 Å². The molecule has 0 unspecified atom stereocenters. The van der Waals surface area contributed by atoms with Crippen LogP contribution in [-0.2, 0) is 14.3 Å². The number of esters is 1. The number of thiol groups is 1. The van der Waals surface area contributed by atoms with Crippen LogP contribution >= 0.6 is 12.6 Å². The van der Waals surface area contributed by atoms with Gasteiger partial charge in [-0.15, -0.1) is 0 Å². The van der Waals surface area contributed by atoms with E-state index in [1.165, 1.54) is 0 Å². The normalized spacial score (nSPS) is 12.7. The van der Waals surface area contributed by atoms with Crippen molar-refractivity contribution in [3.05, 3.63) is 0 Å². The summed E-state index contributed by atoms with van der Waals surface area (Å²) in [6, 6.07) is 0. The molecule has 0 amide bonds. The summed E-state index contributed by atoms with van der Waals surface area (Å²) >= 11 is 3.98. The first kappa shape index (κ1) is 14.8. The first-order valence-corrected chi connectivity index (χ1v) is 5.76. The number of ether oxygens (including phenoxy) is 2. The zero-order valence-electron chi connectivity index (χ0n) is 10.3. The third kappa shape index (κ3) is 8.75. The molecule has 3 nitrogen and oxygen atoms in total. The van der Waals surface area contributed by atoms with E-state index in [1.807, 2.05) is 34.6 Å². The van der Waals surface area contributed by atoms with Crippen molar-refractivity contribution in [3.63, 3.8) is 0 Å². The maximum absolute atomic E-state index is 11.3. The third-order valence-corrected chi connectivity index (χ3v) is 1.78. The van der Waals surface area contributed by atoms with Crippen molar-refractivity contribution in [1.29, 1.82) is 0 Å². The Morgan fingerprint density at radius 2 is 1.73 bits per heavy atom. The molecule has 0 spiro atoms. The van der Waals surface area contributed by atoms with E-state index >= 15 is 0 Å². The lowest BCUT2D eigenvalue weighted by Crippen LogP contribution is -2.37. The molecule has 0 saturated carbocycles. The predicted molar refractivity (Wildman–Crippen MR) is 64.3 cm³/mol. The van der Waals surface area contributed by atoms with Crippen molar-refractivity contribution < 1.29 is 14.3 Å². The fourth-order valence-corrected chi connectivity index (χ4v) is 1.05. The molecule has 0 aliphatic rings. The lowest BCUT2D eigenvalue weighted by atomic mass is 10.1. The fourth-order valence-electron chi connectivity index (χ4n) is 0.870. The van der Waals surface area contributed by atoms with Crippen molar-refractivity contribution in [2.24, 2.45) is 0 Å². The molecule has 0 heterocycles. The first-order chi connectivity index (χ1) is 6.66. The van der Waals surface area contributed by atoms with Crippen LogP contribution in [0.15, 0.2) is 0 Å². The Morgan fingerprint density at radius 3 is 2.13 bits per heavy atom. The van der Waals surface area contributed by atoms with E-state index < -0.39 is 5.60 Å². The van der Waals surface area contributed by atoms with Crippen LogP contribution in [0.5, 0.6) is 0 Å². The minimum Gasteiger partial charge on any atom is -0.457 e. The largest absolute Gasteiger partial charge is 0.457 e. The fraction of sp³-hybridized carbons (Fsp3) is 0.909. The molecule has 0 atom stereocenters. The minimum absolute atomic E-state index is 0.215. The van der Waals surface area contributed by atoms with Gasteiger partial charge in [-0.1, -0.05) is 0 Å².